The van der Waals surface area contributed by atoms with E-state index in [4.69, 9.17) is 0 Å². The topological polar surface area (TPSA) is 52.7 Å². The van der Waals surface area contributed by atoms with Crippen molar-refractivity contribution in [3.63, 3.8) is 0 Å². The molecule has 0 aromatic heterocycles. The average molecular weight is 387 g/mol. The first-order chi connectivity index (χ1) is 13.6. The third kappa shape index (κ3) is 4.37. The number of nitrogens with zero attached hydrogens (tertiary/aromatic N) is 2. The van der Waals surface area contributed by atoms with Gasteiger partial charge >= 0.3 is 0 Å². The highest BCUT2D eigenvalue weighted by molar-refractivity contribution is 6.01. The predicted octanol–water partition coefficient (Wildman–Crippen LogP) is 3.05. The minimum atomic E-state index is -0.570. The van der Waals surface area contributed by atoms with E-state index >= 15 is 0 Å². The third-order valence-corrected chi connectivity index (χ3v) is 6.58. The summed E-state index contributed by atoms with van der Waals surface area (Å²) in [5.41, 5.74) is 1.27. The van der Waals surface area contributed by atoms with Crippen LogP contribution in [0.3, 0.4) is 0 Å². The smallest absolute Gasteiger partial charge is 0.234 e. The number of hydrogen-bond donors (Lipinski definition) is 1. The number of halogens is 1. The molecule has 1 saturated carbocycles. The summed E-state index contributed by atoms with van der Waals surface area (Å²) in [4.78, 5) is 28.1. The number of carbonyl (C=O) groups excluding carboxylic acids is 2. The van der Waals surface area contributed by atoms with Crippen molar-refractivity contribution in [2.45, 2.75) is 50.9 Å². The molecule has 3 aliphatic rings. The first kappa shape index (κ1) is 19.4. The van der Waals surface area contributed by atoms with Crippen molar-refractivity contribution < 1.29 is 14.0 Å². The fraction of sp³-hybridized carbons (Fsp3) is 0.636. The fourth-order valence-electron chi connectivity index (χ4n) is 4.91. The Bertz CT molecular complexity index is 724. The van der Waals surface area contributed by atoms with Crippen LogP contribution >= 0.6 is 0 Å². The molecule has 1 atom stereocenters. The van der Waals surface area contributed by atoms with E-state index in [1.54, 1.807) is 12.1 Å². The molecule has 2 amide bonds. The van der Waals surface area contributed by atoms with E-state index < -0.39 is 5.92 Å². The van der Waals surface area contributed by atoms with E-state index in [0.29, 0.717) is 12.0 Å². The Labute approximate surface area is 166 Å². The van der Waals surface area contributed by atoms with Crippen LogP contribution in [0.15, 0.2) is 18.2 Å². The monoisotopic (exact) mass is 387 g/mol. The van der Waals surface area contributed by atoms with Crippen LogP contribution < -0.4 is 10.2 Å². The Hall–Kier alpha value is -1.95. The number of anilines is 1. The first-order valence-corrected chi connectivity index (χ1v) is 10.7. The summed E-state index contributed by atoms with van der Waals surface area (Å²) in [5, 5.41) is 2.31. The van der Waals surface area contributed by atoms with Crippen molar-refractivity contribution in [2.24, 2.45) is 5.92 Å². The van der Waals surface area contributed by atoms with Crippen molar-refractivity contribution >= 4 is 17.5 Å². The molecule has 0 spiro atoms. The highest BCUT2D eigenvalue weighted by Crippen LogP contribution is 2.30. The summed E-state index contributed by atoms with van der Waals surface area (Å²) in [6, 6.07) is 5.19. The van der Waals surface area contributed by atoms with Crippen LogP contribution in [0.1, 0.15) is 56.4 Å². The van der Waals surface area contributed by atoms with Crippen molar-refractivity contribution in [2.75, 3.05) is 37.6 Å². The predicted molar refractivity (Wildman–Crippen MR) is 107 cm³/mol. The third-order valence-electron chi connectivity index (χ3n) is 6.58. The molecule has 1 aromatic carbocycles. The lowest BCUT2D eigenvalue weighted by atomic mass is 9.89. The maximum atomic E-state index is 14.7. The Balaban J connectivity index is 1.34. The number of piperidine rings is 1. The van der Waals surface area contributed by atoms with E-state index in [2.05, 4.69) is 15.1 Å². The van der Waals surface area contributed by atoms with Gasteiger partial charge in [-0.05, 0) is 37.3 Å². The second kappa shape index (κ2) is 8.60. The molecule has 2 saturated heterocycles. The zero-order valence-corrected chi connectivity index (χ0v) is 16.5. The molecule has 0 bridgehead atoms. The minimum absolute atomic E-state index is 0.264. The van der Waals surface area contributed by atoms with Gasteiger partial charge in [0.1, 0.15) is 5.82 Å². The van der Waals surface area contributed by atoms with Gasteiger partial charge in [0, 0.05) is 50.4 Å². The Morgan fingerprint density at radius 1 is 1.00 bits per heavy atom. The highest BCUT2D eigenvalue weighted by Gasteiger charge is 2.30. The van der Waals surface area contributed by atoms with Crippen molar-refractivity contribution in [1.82, 2.24) is 10.2 Å². The van der Waals surface area contributed by atoms with Crippen LogP contribution in [0.2, 0.25) is 0 Å². The molecule has 6 heteroatoms. The summed E-state index contributed by atoms with van der Waals surface area (Å²) >= 11 is 0. The number of piperazine rings is 1. The Morgan fingerprint density at radius 2 is 1.75 bits per heavy atom. The molecule has 2 aliphatic heterocycles. The van der Waals surface area contributed by atoms with Gasteiger partial charge in [0.2, 0.25) is 11.8 Å². The number of nitrogens with one attached hydrogen (secondary N) is 1. The van der Waals surface area contributed by atoms with Crippen molar-refractivity contribution in [1.29, 1.82) is 0 Å². The summed E-state index contributed by atoms with van der Waals surface area (Å²) < 4.78 is 14.7. The van der Waals surface area contributed by atoms with Crippen LogP contribution in [0.4, 0.5) is 10.1 Å². The molecular formula is C22H30FN3O2. The normalized spacial score (nSPS) is 25.0. The van der Waals surface area contributed by atoms with Crippen LogP contribution in [-0.2, 0) is 9.59 Å². The van der Waals surface area contributed by atoms with Gasteiger partial charge in [-0.2, -0.15) is 0 Å². The lowest BCUT2D eigenvalue weighted by Crippen LogP contribution is -2.48. The molecule has 1 aliphatic carbocycles. The van der Waals surface area contributed by atoms with Gasteiger partial charge in [0.25, 0.3) is 0 Å². The van der Waals surface area contributed by atoms with Crippen LogP contribution in [0.25, 0.3) is 0 Å². The number of benzene rings is 1. The van der Waals surface area contributed by atoms with E-state index in [0.717, 1.165) is 37.8 Å². The quantitative estimate of drug-likeness (QED) is 0.807. The van der Waals surface area contributed by atoms with Crippen LogP contribution in [0, 0.1) is 11.7 Å². The lowest BCUT2D eigenvalue weighted by molar-refractivity contribution is -0.134. The summed E-state index contributed by atoms with van der Waals surface area (Å²) in [6.07, 6.45) is 7.53. The molecule has 1 aromatic rings. The molecule has 1 N–H and O–H groups in total. The fourth-order valence-corrected chi connectivity index (χ4v) is 4.91. The molecule has 5 nitrogen and oxygen atoms in total. The van der Waals surface area contributed by atoms with E-state index in [-0.39, 0.29) is 24.1 Å². The van der Waals surface area contributed by atoms with E-state index in [1.807, 2.05) is 6.07 Å². The van der Waals surface area contributed by atoms with Gasteiger partial charge in [-0.15, -0.1) is 0 Å². The maximum absolute atomic E-state index is 14.7. The second-order valence-electron chi connectivity index (χ2n) is 8.50. The van der Waals surface area contributed by atoms with Gasteiger partial charge in [-0.1, -0.05) is 25.3 Å². The largest absolute Gasteiger partial charge is 0.369 e. The highest BCUT2D eigenvalue weighted by atomic mass is 19.1. The summed E-state index contributed by atoms with van der Waals surface area (Å²) in [7, 11) is 0. The molecule has 3 fully saturated rings. The molecular weight excluding hydrogens is 357 g/mol. The lowest BCUT2D eigenvalue weighted by Gasteiger charge is -2.38. The van der Waals surface area contributed by atoms with Gasteiger partial charge in [0.05, 0.1) is 5.92 Å². The zero-order valence-electron chi connectivity index (χ0n) is 16.5. The molecule has 0 radical (unpaired) electrons. The SMILES string of the molecule is O=C1CCC(c2ccc(N3CCN(CC4CCCCC4)CC3)cc2F)C(=O)N1. The molecule has 4 rings (SSSR count). The molecule has 28 heavy (non-hydrogen) atoms. The van der Waals surface area contributed by atoms with Crippen LogP contribution in [0.5, 0.6) is 0 Å². The zero-order chi connectivity index (χ0) is 19.5. The molecule has 152 valence electrons. The van der Waals surface area contributed by atoms with Gasteiger partial charge in [-0.25, -0.2) is 4.39 Å². The van der Waals surface area contributed by atoms with E-state index in [9.17, 15) is 14.0 Å². The van der Waals surface area contributed by atoms with Gasteiger partial charge in [0.15, 0.2) is 0 Å². The number of amides is 2. The molecule has 1 unspecified atom stereocenters. The number of carbonyl (C=O) groups is 2. The second-order valence-corrected chi connectivity index (χ2v) is 8.50. The molecule has 2 heterocycles. The van der Waals surface area contributed by atoms with Gasteiger partial charge in [-0.3, -0.25) is 19.8 Å². The average Bonchev–Trinajstić information content (AvgIpc) is 2.70. The number of hydrogen-bond acceptors (Lipinski definition) is 4. The van der Waals surface area contributed by atoms with Crippen molar-refractivity contribution in [3.05, 3.63) is 29.6 Å². The van der Waals surface area contributed by atoms with Gasteiger partial charge < -0.3 is 4.90 Å². The summed E-state index contributed by atoms with van der Waals surface area (Å²) in [5.74, 6) is -0.732. The Morgan fingerprint density at radius 3 is 2.43 bits per heavy atom. The van der Waals surface area contributed by atoms with Crippen LogP contribution in [-0.4, -0.2) is 49.4 Å². The Kier molecular flexibility index (Phi) is 5.95. The maximum Gasteiger partial charge on any atom is 0.234 e. The summed E-state index contributed by atoms with van der Waals surface area (Å²) in [6.45, 7) is 5.06. The minimum Gasteiger partial charge on any atom is -0.369 e. The van der Waals surface area contributed by atoms with E-state index in [1.165, 1.54) is 38.6 Å². The standard InChI is InChI=1S/C22H30FN3O2/c23-20-14-17(6-7-18(20)19-8-9-21(27)24-22(19)28)26-12-10-25(11-13-26)15-16-4-2-1-3-5-16/h6-7,14,16,19H,1-5,8-13,15H2,(H,24,27,28). The number of imide groups is 1. The van der Waals surface area contributed by atoms with Crippen molar-refractivity contribution in [3.8, 4) is 0 Å². The number of rotatable bonds is 4. The first-order valence-electron chi connectivity index (χ1n) is 10.7.